The molecule has 1 heterocycles. The van der Waals surface area contributed by atoms with Crippen molar-refractivity contribution < 1.29 is 14.3 Å². The topological polar surface area (TPSA) is 58.6 Å². The first-order valence-corrected chi connectivity index (χ1v) is 10.2. The number of benzene rings is 3. The van der Waals surface area contributed by atoms with Crippen LogP contribution in [0.25, 0.3) is 17.2 Å². The average Bonchev–Trinajstić information content (AvgIpc) is 2.78. The predicted molar refractivity (Wildman–Crippen MR) is 126 cm³/mol. The third kappa shape index (κ3) is 4.35. The van der Waals surface area contributed by atoms with Crippen LogP contribution < -0.4 is 15.0 Å². The van der Waals surface area contributed by atoms with Gasteiger partial charge in [0.25, 0.3) is 11.8 Å². The molecule has 5 nitrogen and oxygen atoms in total. The summed E-state index contributed by atoms with van der Waals surface area (Å²) in [6, 6.07) is 21.9. The van der Waals surface area contributed by atoms with Crippen molar-refractivity contribution in [2.45, 2.75) is 0 Å². The maximum atomic E-state index is 13.1. The molecule has 0 spiro atoms. The lowest BCUT2D eigenvalue weighted by atomic mass is 10.0. The molecular weight excluding hydrogens is 432 g/mol. The van der Waals surface area contributed by atoms with E-state index in [1.54, 1.807) is 37.5 Å². The van der Waals surface area contributed by atoms with Crippen molar-refractivity contribution in [1.29, 1.82) is 0 Å². The SMILES string of the molecule is COc1cccc(-c2cccc(/C=C3/C(=O)NC(=S)N(c4ccc(Cl)cc4)C3=O)c2)c1. The summed E-state index contributed by atoms with van der Waals surface area (Å²) in [6.45, 7) is 0. The number of methoxy groups -OCH3 is 1. The molecule has 0 atom stereocenters. The van der Waals surface area contributed by atoms with Crippen LogP contribution in [0.3, 0.4) is 0 Å². The standard InChI is InChI=1S/C24H17ClN2O3S/c1-30-20-7-3-6-17(14-20)16-5-2-4-15(12-16)13-21-22(28)26-24(31)27(23(21)29)19-10-8-18(25)9-11-19/h2-14H,1H3,(H,26,28,31)/b21-13-. The van der Waals surface area contributed by atoms with E-state index in [4.69, 9.17) is 28.6 Å². The number of rotatable bonds is 4. The quantitative estimate of drug-likeness (QED) is 0.352. The molecule has 1 N–H and O–H groups in total. The number of carbonyl (C=O) groups is 2. The fourth-order valence-corrected chi connectivity index (χ4v) is 3.67. The second kappa shape index (κ2) is 8.71. The van der Waals surface area contributed by atoms with E-state index in [-0.39, 0.29) is 10.7 Å². The number of amides is 2. The van der Waals surface area contributed by atoms with Crippen molar-refractivity contribution in [1.82, 2.24) is 5.32 Å². The second-order valence-corrected chi connectivity index (χ2v) is 7.61. The van der Waals surface area contributed by atoms with E-state index in [1.807, 2.05) is 48.5 Å². The Labute approximate surface area is 189 Å². The first kappa shape index (κ1) is 20.8. The summed E-state index contributed by atoms with van der Waals surface area (Å²) in [4.78, 5) is 27.0. The van der Waals surface area contributed by atoms with E-state index in [9.17, 15) is 9.59 Å². The van der Waals surface area contributed by atoms with E-state index in [0.29, 0.717) is 16.3 Å². The first-order valence-electron chi connectivity index (χ1n) is 9.38. The molecule has 154 valence electrons. The van der Waals surface area contributed by atoms with E-state index in [2.05, 4.69) is 5.32 Å². The van der Waals surface area contributed by atoms with E-state index < -0.39 is 11.8 Å². The molecular formula is C24H17ClN2O3S. The minimum Gasteiger partial charge on any atom is -0.497 e. The number of carbonyl (C=O) groups excluding carboxylic acids is 2. The number of anilines is 1. The monoisotopic (exact) mass is 448 g/mol. The van der Waals surface area contributed by atoms with Crippen molar-refractivity contribution in [3.05, 3.63) is 89.0 Å². The Balaban J connectivity index is 1.70. The summed E-state index contributed by atoms with van der Waals surface area (Å²) in [5, 5.41) is 3.15. The number of halogens is 1. The summed E-state index contributed by atoms with van der Waals surface area (Å²) in [6.07, 6.45) is 1.56. The Bertz CT molecular complexity index is 1220. The van der Waals surface area contributed by atoms with E-state index in [0.717, 1.165) is 16.9 Å². The van der Waals surface area contributed by atoms with Crippen LogP contribution in [0.2, 0.25) is 5.02 Å². The minimum atomic E-state index is -0.535. The Hall–Kier alpha value is -3.48. The number of nitrogens with zero attached hydrogens (tertiary/aromatic N) is 1. The molecule has 0 radical (unpaired) electrons. The van der Waals surface area contributed by atoms with Gasteiger partial charge in [-0.2, -0.15) is 0 Å². The van der Waals surface area contributed by atoms with Crippen LogP contribution >= 0.6 is 23.8 Å². The molecule has 0 aliphatic carbocycles. The van der Waals surface area contributed by atoms with Crippen LogP contribution in [0.1, 0.15) is 5.56 Å². The highest BCUT2D eigenvalue weighted by Gasteiger charge is 2.34. The summed E-state index contributed by atoms with van der Waals surface area (Å²) in [7, 11) is 1.62. The second-order valence-electron chi connectivity index (χ2n) is 6.79. The molecule has 7 heteroatoms. The van der Waals surface area contributed by atoms with Crippen LogP contribution in [0.15, 0.2) is 78.4 Å². The smallest absolute Gasteiger partial charge is 0.270 e. The lowest BCUT2D eigenvalue weighted by molar-refractivity contribution is -0.122. The largest absolute Gasteiger partial charge is 0.497 e. The van der Waals surface area contributed by atoms with Gasteiger partial charge in [-0.05, 0) is 77.4 Å². The lowest BCUT2D eigenvalue weighted by Crippen LogP contribution is -2.54. The molecule has 1 saturated heterocycles. The van der Waals surface area contributed by atoms with Gasteiger partial charge in [-0.25, -0.2) is 0 Å². The van der Waals surface area contributed by atoms with Crippen molar-refractivity contribution >= 4 is 52.5 Å². The summed E-state index contributed by atoms with van der Waals surface area (Å²) < 4.78 is 5.29. The molecule has 0 unspecified atom stereocenters. The molecule has 2 amide bonds. The van der Waals surface area contributed by atoms with Gasteiger partial charge < -0.3 is 4.74 Å². The van der Waals surface area contributed by atoms with Gasteiger partial charge in [0, 0.05) is 5.02 Å². The van der Waals surface area contributed by atoms with Gasteiger partial charge in [-0.3, -0.25) is 19.8 Å². The molecule has 1 fully saturated rings. The Morgan fingerprint density at radius 3 is 2.35 bits per heavy atom. The Morgan fingerprint density at radius 2 is 1.65 bits per heavy atom. The van der Waals surface area contributed by atoms with Gasteiger partial charge in [0.1, 0.15) is 11.3 Å². The van der Waals surface area contributed by atoms with Crippen LogP contribution in [0.5, 0.6) is 5.75 Å². The summed E-state index contributed by atoms with van der Waals surface area (Å²) in [5.41, 5.74) is 3.12. The normalized spacial score (nSPS) is 15.2. The fraction of sp³-hybridized carbons (Fsp3) is 0.0417. The third-order valence-electron chi connectivity index (χ3n) is 4.79. The zero-order valence-electron chi connectivity index (χ0n) is 16.5. The van der Waals surface area contributed by atoms with Gasteiger partial charge >= 0.3 is 0 Å². The predicted octanol–water partition coefficient (Wildman–Crippen LogP) is 4.85. The number of nitrogens with one attached hydrogen (secondary N) is 1. The maximum absolute atomic E-state index is 13.1. The van der Waals surface area contributed by atoms with Gasteiger partial charge in [0.05, 0.1) is 12.8 Å². The molecule has 1 aliphatic heterocycles. The molecule has 4 rings (SSSR count). The Morgan fingerprint density at radius 1 is 0.968 bits per heavy atom. The number of hydrogen-bond donors (Lipinski definition) is 1. The summed E-state index contributed by atoms with van der Waals surface area (Å²) in [5.74, 6) is -0.287. The average molecular weight is 449 g/mol. The minimum absolute atomic E-state index is 0.00802. The van der Waals surface area contributed by atoms with E-state index >= 15 is 0 Å². The molecule has 31 heavy (non-hydrogen) atoms. The number of hydrogen-bond acceptors (Lipinski definition) is 4. The molecule has 3 aromatic rings. The molecule has 0 saturated carbocycles. The zero-order chi connectivity index (χ0) is 22.0. The lowest BCUT2D eigenvalue weighted by Gasteiger charge is -2.29. The van der Waals surface area contributed by atoms with Gasteiger partial charge in [-0.1, -0.05) is 41.9 Å². The van der Waals surface area contributed by atoms with Gasteiger partial charge in [-0.15, -0.1) is 0 Å². The van der Waals surface area contributed by atoms with Gasteiger partial charge in [0.2, 0.25) is 0 Å². The number of ether oxygens (including phenoxy) is 1. The highest BCUT2D eigenvalue weighted by Crippen LogP contribution is 2.27. The van der Waals surface area contributed by atoms with Crippen LogP contribution in [0, 0.1) is 0 Å². The first-order chi connectivity index (χ1) is 15.0. The van der Waals surface area contributed by atoms with Crippen molar-refractivity contribution in [2.75, 3.05) is 12.0 Å². The highest BCUT2D eigenvalue weighted by molar-refractivity contribution is 7.80. The summed E-state index contributed by atoms with van der Waals surface area (Å²) >= 11 is 11.2. The van der Waals surface area contributed by atoms with Crippen molar-refractivity contribution in [3.63, 3.8) is 0 Å². The highest BCUT2D eigenvalue weighted by atomic mass is 35.5. The third-order valence-corrected chi connectivity index (χ3v) is 5.32. The van der Waals surface area contributed by atoms with Crippen molar-refractivity contribution in [3.8, 4) is 16.9 Å². The van der Waals surface area contributed by atoms with Crippen molar-refractivity contribution in [2.24, 2.45) is 0 Å². The number of thiocarbonyl (C=S) groups is 1. The van der Waals surface area contributed by atoms with E-state index in [1.165, 1.54) is 4.90 Å². The van der Waals surface area contributed by atoms with Crippen LogP contribution in [-0.2, 0) is 9.59 Å². The fourth-order valence-electron chi connectivity index (χ4n) is 3.26. The molecule has 1 aliphatic rings. The van der Waals surface area contributed by atoms with Gasteiger partial charge in [0.15, 0.2) is 5.11 Å². The zero-order valence-corrected chi connectivity index (χ0v) is 18.0. The maximum Gasteiger partial charge on any atom is 0.270 e. The van der Waals surface area contributed by atoms with Crippen LogP contribution in [-0.4, -0.2) is 24.0 Å². The Kier molecular flexibility index (Phi) is 5.84. The van der Waals surface area contributed by atoms with Crippen LogP contribution in [0.4, 0.5) is 5.69 Å². The molecule has 0 aromatic heterocycles. The molecule has 0 bridgehead atoms. The molecule has 3 aromatic carbocycles.